The maximum Gasteiger partial charge on any atom is 0.379 e. The fourth-order valence-corrected chi connectivity index (χ4v) is 2.57. The van der Waals surface area contributed by atoms with Crippen LogP contribution in [-0.2, 0) is 0 Å². The van der Waals surface area contributed by atoms with Crippen LogP contribution in [0.2, 0.25) is 0 Å². The van der Waals surface area contributed by atoms with Crippen molar-refractivity contribution in [2.75, 3.05) is 23.7 Å². The summed E-state index contributed by atoms with van der Waals surface area (Å²) in [5.41, 5.74) is 12.1. The molecule has 3 rings (SSSR count). The first-order valence-corrected chi connectivity index (χ1v) is 7.31. The average molecular weight is 318 g/mol. The Balaban J connectivity index is 0.00000176. The van der Waals surface area contributed by atoms with Gasteiger partial charge in [0, 0.05) is 30.5 Å². The lowest BCUT2D eigenvalue weighted by Gasteiger charge is -2.20. The lowest BCUT2D eigenvalue weighted by atomic mass is 10.2. The number of hydrogen-bond acceptors (Lipinski definition) is 3. The van der Waals surface area contributed by atoms with Crippen LogP contribution < -0.4 is 23.0 Å². The first-order chi connectivity index (χ1) is 10.1. The van der Waals surface area contributed by atoms with Gasteiger partial charge >= 0.3 is 11.2 Å². The fraction of sp³-hybridized carbons (Fsp3) is 0.294. The number of halogens is 1. The van der Waals surface area contributed by atoms with Crippen molar-refractivity contribution in [3.8, 4) is 0 Å². The first-order valence-electron chi connectivity index (χ1n) is 7.31. The minimum absolute atomic E-state index is 0. The smallest absolute Gasteiger partial charge is 0.379 e. The van der Waals surface area contributed by atoms with Crippen molar-refractivity contribution in [2.24, 2.45) is 0 Å². The van der Waals surface area contributed by atoms with Gasteiger partial charge in [0.25, 0.3) is 0 Å². The van der Waals surface area contributed by atoms with E-state index in [1.165, 1.54) is 0 Å². The third-order valence-electron chi connectivity index (χ3n) is 3.88. The fourth-order valence-electron chi connectivity index (χ4n) is 2.57. The second-order valence-electron chi connectivity index (χ2n) is 5.21. The molecule has 0 atom stereocenters. The van der Waals surface area contributed by atoms with Crippen LogP contribution in [0, 0.1) is 6.92 Å². The maximum absolute atomic E-state index is 5.96. The molecule has 2 N–H and O–H groups in total. The highest BCUT2D eigenvalue weighted by molar-refractivity contribution is 5.87. The van der Waals surface area contributed by atoms with E-state index < -0.39 is 0 Å². The second-order valence-corrected chi connectivity index (χ2v) is 5.21. The molecule has 4 nitrogen and oxygen atoms in total. The van der Waals surface area contributed by atoms with E-state index in [9.17, 15) is 0 Å². The third kappa shape index (κ3) is 2.79. The highest BCUT2D eigenvalue weighted by atomic mass is 35.5. The molecule has 0 unspecified atom stereocenters. The van der Waals surface area contributed by atoms with Crippen LogP contribution in [-0.4, -0.2) is 18.1 Å². The number of aromatic nitrogens is 1. The molecule has 3 aromatic rings. The number of hydrogen-bond donors (Lipinski definition) is 1. The van der Waals surface area contributed by atoms with Gasteiger partial charge in [0.05, 0.1) is 6.07 Å². The number of benzene rings is 2. The quantitative estimate of drug-likeness (QED) is 0.445. The van der Waals surface area contributed by atoms with Crippen molar-refractivity contribution >= 4 is 33.6 Å². The van der Waals surface area contributed by atoms with E-state index in [0.29, 0.717) is 0 Å². The summed E-state index contributed by atoms with van der Waals surface area (Å²) in [6.07, 6.45) is 0. The van der Waals surface area contributed by atoms with Crippen LogP contribution in [0.3, 0.4) is 0 Å². The molecule has 1 heterocycles. The second kappa shape index (κ2) is 6.36. The molecule has 0 saturated heterocycles. The predicted molar refractivity (Wildman–Crippen MR) is 88.6 cm³/mol. The van der Waals surface area contributed by atoms with Crippen molar-refractivity contribution in [1.82, 2.24) is 4.98 Å². The number of nitrogens with two attached hydrogens (primary N) is 1. The summed E-state index contributed by atoms with van der Waals surface area (Å²) in [5.74, 6) is 0. The van der Waals surface area contributed by atoms with Crippen LogP contribution in [0.4, 0.5) is 11.4 Å². The Morgan fingerprint density at radius 2 is 1.73 bits per heavy atom. The van der Waals surface area contributed by atoms with Gasteiger partial charge in [0.1, 0.15) is 0 Å². The summed E-state index contributed by atoms with van der Waals surface area (Å²) in [6.45, 7) is 8.21. The molecule has 116 valence electrons. The molecule has 0 amide bonds. The molecule has 0 fully saturated rings. The molecule has 0 bridgehead atoms. The predicted octanol–water partition coefficient (Wildman–Crippen LogP) is 1.00. The van der Waals surface area contributed by atoms with E-state index in [-0.39, 0.29) is 12.4 Å². The van der Waals surface area contributed by atoms with Crippen LogP contribution in [0.15, 0.2) is 34.7 Å². The van der Waals surface area contributed by atoms with E-state index in [4.69, 9.17) is 15.1 Å². The number of fused-ring (bicyclic) bond motifs is 2. The van der Waals surface area contributed by atoms with E-state index in [1.807, 2.05) is 25.1 Å². The summed E-state index contributed by atoms with van der Waals surface area (Å²) < 4.78 is 5.95. The van der Waals surface area contributed by atoms with Gasteiger partial charge in [-0.1, -0.05) is 0 Å². The first kappa shape index (κ1) is 16.3. The molecule has 0 saturated carbocycles. The van der Waals surface area contributed by atoms with Gasteiger partial charge in [-0.2, -0.15) is 0 Å². The topological polar surface area (TPSA) is 53.5 Å². The normalized spacial score (nSPS) is 10.7. The lowest BCUT2D eigenvalue weighted by molar-refractivity contribution is -0.00000492. The molecular formula is C17H20ClN3O. The summed E-state index contributed by atoms with van der Waals surface area (Å²) in [4.78, 5) is 6.98. The van der Waals surface area contributed by atoms with E-state index in [0.717, 1.165) is 52.2 Å². The Kier molecular flexibility index (Phi) is 4.71. The zero-order valence-corrected chi connectivity index (χ0v) is 13.8. The molecule has 0 aliphatic rings. The van der Waals surface area contributed by atoms with Crippen molar-refractivity contribution in [1.29, 1.82) is 0 Å². The Morgan fingerprint density at radius 1 is 1.05 bits per heavy atom. The van der Waals surface area contributed by atoms with Crippen molar-refractivity contribution in [2.45, 2.75) is 20.8 Å². The van der Waals surface area contributed by atoms with Gasteiger partial charge in [-0.15, -0.1) is 0 Å². The Hall–Kier alpha value is -2.07. The molecule has 1 aromatic heterocycles. The molecule has 0 aliphatic carbocycles. The summed E-state index contributed by atoms with van der Waals surface area (Å²) in [7, 11) is 0. The van der Waals surface area contributed by atoms with Crippen LogP contribution in [0.1, 0.15) is 19.4 Å². The Bertz CT molecular complexity index is 816. The van der Waals surface area contributed by atoms with Crippen molar-refractivity contribution in [3.63, 3.8) is 0 Å². The molecule has 5 heteroatoms. The number of nitrogens with zero attached hydrogens (tertiary/aromatic N) is 2. The Labute approximate surface area is 136 Å². The van der Waals surface area contributed by atoms with Gasteiger partial charge < -0.3 is 23.0 Å². The lowest BCUT2D eigenvalue weighted by Crippen LogP contribution is -3.00. The summed E-state index contributed by atoms with van der Waals surface area (Å²) >= 11 is 0. The molecule has 0 radical (unpaired) electrons. The Morgan fingerprint density at radius 3 is 2.41 bits per heavy atom. The largest absolute Gasteiger partial charge is 1.00 e. The van der Waals surface area contributed by atoms with Crippen LogP contribution >= 0.6 is 0 Å². The zero-order valence-electron chi connectivity index (χ0n) is 13.1. The third-order valence-corrected chi connectivity index (χ3v) is 3.88. The van der Waals surface area contributed by atoms with Gasteiger partial charge in [0.15, 0.2) is 11.0 Å². The highest BCUT2D eigenvalue weighted by Gasteiger charge is 2.16. The minimum atomic E-state index is 0. The van der Waals surface area contributed by atoms with Gasteiger partial charge in [-0.3, -0.25) is 0 Å². The summed E-state index contributed by atoms with van der Waals surface area (Å²) in [6, 6.07) is 9.95. The average Bonchev–Trinajstić information content (AvgIpc) is 2.48. The zero-order chi connectivity index (χ0) is 15.0. The van der Waals surface area contributed by atoms with E-state index in [1.54, 1.807) is 0 Å². The molecular weight excluding hydrogens is 298 g/mol. The minimum Gasteiger partial charge on any atom is -1.00 e. The number of nitrogen functional groups attached to an aromatic ring is 1. The molecule has 22 heavy (non-hydrogen) atoms. The standard InChI is InChI=1S/C17H20N3O.ClH/c1-4-20(5-2)12-6-7-16-14(9-12)19-15-10-13(18)11(3)8-17(15)21-16;/h6-10H,4-5,18H2,1-3H3;1H/q+1;/p-1. The summed E-state index contributed by atoms with van der Waals surface area (Å²) in [5, 5.41) is 0. The van der Waals surface area contributed by atoms with Crippen LogP contribution in [0.25, 0.3) is 22.2 Å². The molecule has 2 aromatic carbocycles. The van der Waals surface area contributed by atoms with Gasteiger partial charge in [0.2, 0.25) is 0 Å². The maximum atomic E-state index is 5.96. The van der Waals surface area contributed by atoms with Gasteiger partial charge in [-0.25, -0.2) is 9.40 Å². The number of anilines is 2. The highest BCUT2D eigenvalue weighted by Crippen LogP contribution is 2.26. The number of aryl methyl sites for hydroxylation is 1. The molecule has 0 aliphatic heterocycles. The van der Waals surface area contributed by atoms with Crippen molar-refractivity contribution < 1.29 is 16.8 Å². The monoisotopic (exact) mass is 317 g/mol. The van der Waals surface area contributed by atoms with E-state index in [2.05, 4.69) is 30.9 Å². The SMILES string of the molecule is CCN(CC)c1ccc2[o+]c3cc(C)c(N)cc3nc2c1.[Cl-]. The molecule has 0 spiro atoms. The van der Waals surface area contributed by atoms with Gasteiger partial charge in [-0.05, 0) is 44.5 Å². The van der Waals surface area contributed by atoms with Crippen LogP contribution in [0.5, 0.6) is 0 Å². The van der Waals surface area contributed by atoms with Crippen molar-refractivity contribution in [3.05, 3.63) is 35.9 Å². The van der Waals surface area contributed by atoms with E-state index >= 15 is 0 Å². The number of rotatable bonds is 3.